The summed E-state index contributed by atoms with van der Waals surface area (Å²) in [5, 5.41) is 9.84. The van der Waals surface area contributed by atoms with Crippen molar-refractivity contribution >= 4 is 23.2 Å². The van der Waals surface area contributed by atoms with Gasteiger partial charge < -0.3 is 9.84 Å². The maximum absolute atomic E-state index is 13.6. The molecule has 2 rings (SSSR count). The molecule has 2 nitrogen and oxygen atoms in total. The molecule has 0 fully saturated rings. The van der Waals surface area contributed by atoms with Gasteiger partial charge in [0.25, 0.3) is 0 Å². The topological polar surface area (TPSA) is 29.5 Å². The van der Waals surface area contributed by atoms with Gasteiger partial charge in [-0.1, -0.05) is 35.3 Å². The molecule has 0 radical (unpaired) electrons. The predicted molar refractivity (Wildman–Crippen MR) is 73.1 cm³/mol. The first-order valence-corrected chi connectivity index (χ1v) is 6.32. The molecule has 0 aliphatic heterocycles. The predicted octanol–water partition coefficient (Wildman–Crippen LogP) is 4.20. The van der Waals surface area contributed by atoms with Crippen molar-refractivity contribution < 1.29 is 14.2 Å². The highest BCUT2D eigenvalue weighted by atomic mass is 35.5. The molecule has 0 heterocycles. The molecule has 0 aliphatic rings. The van der Waals surface area contributed by atoms with Gasteiger partial charge in [0.05, 0.1) is 6.61 Å². The van der Waals surface area contributed by atoms with Gasteiger partial charge in [-0.05, 0) is 29.8 Å². The van der Waals surface area contributed by atoms with Gasteiger partial charge in [0.15, 0.2) is 11.6 Å². The molecule has 0 atom stereocenters. The monoisotopic (exact) mass is 300 g/mol. The number of rotatable bonds is 4. The van der Waals surface area contributed by atoms with Crippen LogP contribution < -0.4 is 4.74 Å². The zero-order valence-electron chi connectivity index (χ0n) is 9.87. The maximum Gasteiger partial charge on any atom is 0.165 e. The average Bonchev–Trinajstić information content (AvgIpc) is 2.39. The highest BCUT2D eigenvalue weighted by molar-refractivity contribution is 6.35. The largest absolute Gasteiger partial charge is 0.486 e. The molecule has 0 spiro atoms. The van der Waals surface area contributed by atoms with Gasteiger partial charge in [0, 0.05) is 15.6 Å². The van der Waals surface area contributed by atoms with E-state index in [4.69, 9.17) is 33.0 Å². The third-order valence-electron chi connectivity index (χ3n) is 2.61. The molecule has 0 aromatic heterocycles. The molecule has 2 aromatic carbocycles. The van der Waals surface area contributed by atoms with E-state index in [1.165, 1.54) is 12.1 Å². The second-order valence-electron chi connectivity index (χ2n) is 3.91. The van der Waals surface area contributed by atoms with Crippen molar-refractivity contribution in [1.82, 2.24) is 0 Å². The number of aliphatic hydroxyl groups is 1. The molecule has 0 unspecified atom stereocenters. The van der Waals surface area contributed by atoms with E-state index in [9.17, 15) is 4.39 Å². The van der Waals surface area contributed by atoms with Crippen molar-refractivity contribution in [2.45, 2.75) is 13.2 Å². The molecule has 1 N–H and O–H groups in total. The first-order chi connectivity index (χ1) is 9.11. The first kappa shape index (κ1) is 14.1. The van der Waals surface area contributed by atoms with Crippen molar-refractivity contribution in [2.24, 2.45) is 0 Å². The molecule has 0 aliphatic carbocycles. The van der Waals surface area contributed by atoms with Crippen LogP contribution in [0.3, 0.4) is 0 Å². The van der Waals surface area contributed by atoms with E-state index in [1.807, 2.05) is 0 Å². The Bertz CT molecular complexity index is 567. The van der Waals surface area contributed by atoms with Crippen LogP contribution in [0.2, 0.25) is 10.0 Å². The van der Waals surface area contributed by atoms with Crippen molar-refractivity contribution in [1.29, 1.82) is 0 Å². The third kappa shape index (κ3) is 3.38. The van der Waals surface area contributed by atoms with Gasteiger partial charge in [-0.3, -0.25) is 0 Å². The van der Waals surface area contributed by atoms with Crippen LogP contribution >= 0.6 is 23.2 Å². The zero-order chi connectivity index (χ0) is 13.8. The van der Waals surface area contributed by atoms with Gasteiger partial charge >= 0.3 is 0 Å². The number of benzene rings is 2. The first-order valence-electron chi connectivity index (χ1n) is 5.57. The Balaban J connectivity index is 2.15. The lowest BCUT2D eigenvalue weighted by Gasteiger charge is -2.10. The molecule has 19 heavy (non-hydrogen) atoms. The van der Waals surface area contributed by atoms with Gasteiger partial charge in [-0.2, -0.15) is 0 Å². The van der Waals surface area contributed by atoms with Crippen molar-refractivity contribution in [3.63, 3.8) is 0 Å². The van der Waals surface area contributed by atoms with E-state index in [1.54, 1.807) is 24.3 Å². The van der Waals surface area contributed by atoms with Gasteiger partial charge in [-0.25, -0.2) is 4.39 Å². The van der Waals surface area contributed by atoms with E-state index in [0.717, 1.165) is 0 Å². The van der Waals surface area contributed by atoms with Gasteiger partial charge in [0.2, 0.25) is 0 Å². The Morgan fingerprint density at radius 3 is 2.37 bits per heavy atom. The van der Waals surface area contributed by atoms with E-state index in [-0.39, 0.29) is 19.0 Å². The lowest BCUT2D eigenvalue weighted by Crippen LogP contribution is -1.99. The summed E-state index contributed by atoms with van der Waals surface area (Å²) >= 11 is 12.0. The summed E-state index contributed by atoms with van der Waals surface area (Å²) < 4.78 is 19.0. The Labute approximate surface area is 120 Å². The number of halogens is 3. The number of hydrogen-bond donors (Lipinski definition) is 1. The van der Waals surface area contributed by atoms with Gasteiger partial charge in [-0.15, -0.1) is 0 Å². The quantitative estimate of drug-likeness (QED) is 0.917. The molecule has 0 amide bonds. The number of hydrogen-bond acceptors (Lipinski definition) is 2. The molecule has 100 valence electrons. The lowest BCUT2D eigenvalue weighted by molar-refractivity contribution is 0.276. The summed E-state index contributed by atoms with van der Waals surface area (Å²) in [5.41, 5.74) is 1.09. The summed E-state index contributed by atoms with van der Waals surface area (Å²) in [6.45, 7) is -0.137. The molecule has 5 heteroatoms. The number of ether oxygens (including phenoxy) is 1. The maximum atomic E-state index is 13.6. The molecule has 0 bridgehead atoms. The molecule has 0 saturated heterocycles. The average molecular weight is 301 g/mol. The second-order valence-corrected chi connectivity index (χ2v) is 4.73. The normalized spacial score (nSPS) is 10.5. The van der Waals surface area contributed by atoms with Crippen molar-refractivity contribution in [2.75, 3.05) is 0 Å². The Morgan fingerprint density at radius 2 is 1.79 bits per heavy atom. The van der Waals surface area contributed by atoms with Crippen LogP contribution in [0.15, 0.2) is 36.4 Å². The summed E-state index contributed by atoms with van der Waals surface area (Å²) in [6.07, 6.45) is 0. The minimum Gasteiger partial charge on any atom is -0.486 e. The van der Waals surface area contributed by atoms with Crippen LogP contribution in [0.5, 0.6) is 5.75 Å². The van der Waals surface area contributed by atoms with Gasteiger partial charge in [0.1, 0.15) is 6.61 Å². The van der Waals surface area contributed by atoms with Crippen molar-refractivity contribution in [3.8, 4) is 5.75 Å². The smallest absolute Gasteiger partial charge is 0.165 e. The van der Waals surface area contributed by atoms with E-state index >= 15 is 0 Å². The van der Waals surface area contributed by atoms with Crippen LogP contribution in [-0.4, -0.2) is 5.11 Å². The summed E-state index contributed by atoms with van der Waals surface area (Å²) in [4.78, 5) is 0. The van der Waals surface area contributed by atoms with Crippen LogP contribution in [0.4, 0.5) is 4.39 Å². The Morgan fingerprint density at radius 1 is 1.11 bits per heavy atom. The fraction of sp³-hybridized carbons (Fsp3) is 0.143. The molecular weight excluding hydrogens is 290 g/mol. The molecule has 2 aromatic rings. The fourth-order valence-electron chi connectivity index (χ4n) is 1.58. The zero-order valence-corrected chi connectivity index (χ0v) is 11.4. The highest BCUT2D eigenvalue weighted by Gasteiger charge is 2.09. The van der Waals surface area contributed by atoms with Crippen LogP contribution in [-0.2, 0) is 13.2 Å². The van der Waals surface area contributed by atoms with E-state index < -0.39 is 5.82 Å². The van der Waals surface area contributed by atoms with Crippen LogP contribution in [0, 0.1) is 5.82 Å². The minimum atomic E-state index is -0.533. The third-order valence-corrected chi connectivity index (χ3v) is 3.32. The van der Waals surface area contributed by atoms with E-state index in [0.29, 0.717) is 21.2 Å². The lowest BCUT2D eigenvalue weighted by atomic mass is 10.2. The Kier molecular flexibility index (Phi) is 4.64. The van der Waals surface area contributed by atoms with Crippen molar-refractivity contribution in [3.05, 3.63) is 63.4 Å². The van der Waals surface area contributed by atoms with E-state index in [2.05, 4.69) is 0 Å². The summed E-state index contributed by atoms with van der Waals surface area (Å²) in [7, 11) is 0. The minimum absolute atomic E-state index is 0.0773. The standard InChI is InChI=1S/C14H11Cl2FO2/c15-11-2-1-3-12(16)10(11)8-19-14-5-4-9(7-18)6-13(14)17/h1-6,18H,7-8H2. The SMILES string of the molecule is OCc1ccc(OCc2c(Cl)cccc2Cl)c(F)c1. The van der Waals surface area contributed by atoms with Crippen LogP contribution in [0.25, 0.3) is 0 Å². The fourth-order valence-corrected chi connectivity index (χ4v) is 2.09. The van der Waals surface area contributed by atoms with Crippen LogP contribution in [0.1, 0.15) is 11.1 Å². The Hall–Kier alpha value is -1.29. The molecular formula is C14H11Cl2FO2. The summed E-state index contributed by atoms with van der Waals surface area (Å²) in [5.74, 6) is -0.442. The highest BCUT2D eigenvalue weighted by Crippen LogP contribution is 2.27. The molecule has 0 saturated carbocycles. The number of aliphatic hydroxyl groups excluding tert-OH is 1. The summed E-state index contributed by atoms with van der Waals surface area (Å²) in [6, 6.07) is 9.39. The second kappa shape index (κ2) is 6.24.